The molecule has 2 rings (SSSR count). The van der Waals surface area contributed by atoms with Gasteiger partial charge < -0.3 is 5.32 Å². The summed E-state index contributed by atoms with van der Waals surface area (Å²) in [5.74, 6) is 0.197. The zero-order valence-electron chi connectivity index (χ0n) is 11.5. The first-order valence-electron chi connectivity index (χ1n) is 7.10. The summed E-state index contributed by atoms with van der Waals surface area (Å²) in [7, 11) is -3.03. The second kappa shape index (κ2) is 6.21. The monoisotopic (exact) mass is 285 g/mol. The first kappa shape index (κ1) is 14.8. The minimum Gasteiger partial charge on any atom is -0.311 e. The molecular weight excluding hydrogens is 262 g/mol. The van der Waals surface area contributed by atoms with E-state index in [4.69, 9.17) is 5.26 Å². The molecule has 6 heteroatoms. The van der Waals surface area contributed by atoms with E-state index in [9.17, 15) is 8.42 Å². The highest BCUT2D eigenvalue weighted by Crippen LogP contribution is 2.25. The van der Waals surface area contributed by atoms with Gasteiger partial charge in [0.05, 0.1) is 12.3 Å². The number of hydrogen-bond acceptors (Lipinski definition) is 4. The maximum absolute atomic E-state index is 11.4. The fourth-order valence-electron chi connectivity index (χ4n) is 3.15. The van der Waals surface area contributed by atoms with Gasteiger partial charge in [0.25, 0.3) is 0 Å². The molecule has 2 fully saturated rings. The predicted octanol–water partition coefficient (Wildman–Crippen LogP) is 1.08. The molecule has 0 bridgehead atoms. The van der Waals surface area contributed by atoms with Crippen molar-refractivity contribution < 1.29 is 8.42 Å². The van der Waals surface area contributed by atoms with E-state index < -0.39 is 10.0 Å². The molecule has 19 heavy (non-hydrogen) atoms. The average Bonchev–Trinajstić information content (AvgIpc) is 2.38. The number of piperidine rings is 1. The normalized spacial score (nSPS) is 30.9. The Morgan fingerprint density at radius 3 is 2.42 bits per heavy atom. The first-order valence-corrected chi connectivity index (χ1v) is 8.94. The van der Waals surface area contributed by atoms with E-state index in [1.165, 1.54) is 6.26 Å². The van der Waals surface area contributed by atoms with Gasteiger partial charge in [-0.25, -0.2) is 12.7 Å². The molecule has 1 saturated heterocycles. The number of sulfonamides is 1. The molecular formula is C13H23N3O2S. The summed E-state index contributed by atoms with van der Waals surface area (Å²) in [5, 5.41) is 12.6. The minimum absolute atomic E-state index is 0.197. The lowest BCUT2D eigenvalue weighted by atomic mass is 9.86. The SMILES string of the molecule is CS(=O)(=O)N1CCC(N[C@@H]2CCC[C@H](C#N)C2)CC1. The molecule has 0 aromatic rings. The number of nitrogens with one attached hydrogen (secondary N) is 1. The van der Waals surface area contributed by atoms with Crippen LogP contribution in [0.25, 0.3) is 0 Å². The van der Waals surface area contributed by atoms with Gasteiger partial charge in [0.15, 0.2) is 0 Å². The third-order valence-electron chi connectivity index (χ3n) is 4.25. The maximum Gasteiger partial charge on any atom is 0.211 e. The van der Waals surface area contributed by atoms with E-state index in [-0.39, 0.29) is 5.92 Å². The molecule has 1 saturated carbocycles. The van der Waals surface area contributed by atoms with Gasteiger partial charge in [-0.3, -0.25) is 0 Å². The lowest BCUT2D eigenvalue weighted by Crippen LogP contribution is -2.48. The van der Waals surface area contributed by atoms with E-state index in [0.29, 0.717) is 25.2 Å². The maximum atomic E-state index is 11.4. The number of nitrogens with zero attached hydrogens (tertiary/aromatic N) is 2. The van der Waals surface area contributed by atoms with Crippen LogP contribution in [0.2, 0.25) is 0 Å². The molecule has 0 aromatic carbocycles. The van der Waals surface area contributed by atoms with Gasteiger partial charge in [-0.15, -0.1) is 0 Å². The van der Waals surface area contributed by atoms with Crippen molar-refractivity contribution in [2.75, 3.05) is 19.3 Å². The molecule has 1 heterocycles. The highest BCUT2D eigenvalue weighted by Gasteiger charge is 2.28. The minimum atomic E-state index is -3.03. The Hall–Kier alpha value is -0.640. The average molecular weight is 285 g/mol. The van der Waals surface area contributed by atoms with Crippen molar-refractivity contribution in [3.8, 4) is 6.07 Å². The summed E-state index contributed by atoms with van der Waals surface area (Å²) in [6.45, 7) is 1.23. The van der Waals surface area contributed by atoms with Crippen molar-refractivity contribution in [3.63, 3.8) is 0 Å². The fraction of sp³-hybridized carbons (Fsp3) is 0.923. The largest absolute Gasteiger partial charge is 0.311 e. The zero-order chi connectivity index (χ0) is 13.9. The van der Waals surface area contributed by atoms with Gasteiger partial charge in [0.1, 0.15) is 0 Å². The number of hydrogen-bond donors (Lipinski definition) is 1. The lowest BCUT2D eigenvalue weighted by molar-refractivity contribution is 0.241. The van der Waals surface area contributed by atoms with E-state index >= 15 is 0 Å². The number of rotatable bonds is 3. The molecule has 0 aromatic heterocycles. The van der Waals surface area contributed by atoms with Crippen LogP contribution in [-0.4, -0.2) is 44.2 Å². The summed E-state index contributed by atoms with van der Waals surface area (Å²) in [5.41, 5.74) is 0. The van der Waals surface area contributed by atoms with Crippen LogP contribution >= 0.6 is 0 Å². The van der Waals surface area contributed by atoms with Gasteiger partial charge in [0.2, 0.25) is 10.0 Å². The summed E-state index contributed by atoms with van der Waals surface area (Å²) in [4.78, 5) is 0. The van der Waals surface area contributed by atoms with E-state index in [1.54, 1.807) is 4.31 Å². The molecule has 108 valence electrons. The van der Waals surface area contributed by atoms with Crippen LogP contribution < -0.4 is 5.32 Å². The van der Waals surface area contributed by atoms with Gasteiger partial charge >= 0.3 is 0 Å². The first-order chi connectivity index (χ1) is 8.99. The standard InChI is InChI=1S/C13H23N3O2S/c1-19(17,18)16-7-5-12(6-8-16)15-13-4-2-3-11(9-13)10-14/h11-13,15H,2-9H2,1H3/t11-,13+/m0/s1. The number of nitriles is 1. The van der Waals surface area contributed by atoms with Crippen LogP contribution in [0.5, 0.6) is 0 Å². The summed E-state index contributed by atoms with van der Waals surface area (Å²) >= 11 is 0. The Kier molecular flexibility index (Phi) is 4.82. The van der Waals surface area contributed by atoms with Crippen LogP contribution in [0.3, 0.4) is 0 Å². The van der Waals surface area contributed by atoms with E-state index in [2.05, 4.69) is 11.4 Å². The van der Waals surface area contributed by atoms with Crippen molar-refractivity contribution in [2.24, 2.45) is 5.92 Å². The topological polar surface area (TPSA) is 73.2 Å². The van der Waals surface area contributed by atoms with Gasteiger partial charge in [0, 0.05) is 31.1 Å². The molecule has 0 spiro atoms. The molecule has 5 nitrogen and oxygen atoms in total. The Morgan fingerprint density at radius 2 is 1.84 bits per heavy atom. The van der Waals surface area contributed by atoms with E-state index in [0.717, 1.165) is 38.5 Å². The molecule has 2 aliphatic rings. The molecule has 0 amide bonds. The van der Waals surface area contributed by atoms with Crippen LogP contribution in [0.4, 0.5) is 0 Å². The third kappa shape index (κ3) is 4.16. The molecule has 1 aliphatic heterocycles. The Morgan fingerprint density at radius 1 is 1.16 bits per heavy atom. The molecule has 1 N–H and O–H groups in total. The van der Waals surface area contributed by atoms with Crippen molar-refractivity contribution in [1.29, 1.82) is 5.26 Å². The summed E-state index contributed by atoms with van der Waals surface area (Å²) < 4.78 is 24.4. The van der Waals surface area contributed by atoms with Crippen LogP contribution in [-0.2, 0) is 10.0 Å². The Bertz CT molecular complexity index is 435. The van der Waals surface area contributed by atoms with E-state index in [1.807, 2.05) is 0 Å². The fourth-order valence-corrected chi connectivity index (χ4v) is 4.02. The van der Waals surface area contributed by atoms with Gasteiger partial charge in [-0.1, -0.05) is 6.42 Å². The summed E-state index contributed by atoms with van der Waals surface area (Å²) in [6.07, 6.45) is 7.27. The molecule has 0 radical (unpaired) electrons. The van der Waals surface area contributed by atoms with Crippen LogP contribution in [0.15, 0.2) is 0 Å². The summed E-state index contributed by atoms with van der Waals surface area (Å²) in [6, 6.07) is 3.21. The highest BCUT2D eigenvalue weighted by atomic mass is 32.2. The molecule has 0 unspecified atom stereocenters. The second-order valence-corrected chi connectivity index (χ2v) is 7.77. The second-order valence-electron chi connectivity index (χ2n) is 5.79. The lowest BCUT2D eigenvalue weighted by Gasteiger charge is -2.35. The Labute approximate surface area is 116 Å². The van der Waals surface area contributed by atoms with Crippen molar-refractivity contribution in [3.05, 3.63) is 0 Å². The Balaban J connectivity index is 1.78. The highest BCUT2D eigenvalue weighted by molar-refractivity contribution is 7.88. The van der Waals surface area contributed by atoms with Gasteiger partial charge in [-0.05, 0) is 32.1 Å². The van der Waals surface area contributed by atoms with Crippen molar-refractivity contribution in [1.82, 2.24) is 9.62 Å². The quantitative estimate of drug-likeness (QED) is 0.842. The predicted molar refractivity (Wildman–Crippen MR) is 73.9 cm³/mol. The smallest absolute Gasteiger partial charge is 0.211 e. The third-order valence-corrected chi connectivity index (χ3v) is 5.55. The van der Waals surface area contributed by atoms with Crippen molar-refractivity contribution >= 4 is 10.0 Å². The van der Waals surface area contributed by atoms with Crippen molar-refractivity contribution in [2.45, 2.75) is 50.6 Å². The molecule has 1 aliphatic carbocycles. The zero-order valence-corrected chi connectivity index (χ0v) is 12.3. The van der Waals surface area contributed by atoms with Gasteiger partial charge in [-0.2, -0.15) is 5.26 Å². The van der Waals surface area contributed by atoms with Crippen LogP contribution in [0.1, 0.15) is 38.5 Å². The van der Waals surface area contributed by atoms with Crippen LogP contribution in [0, 0.1) is 17.2 Å². The molecule has 2 atom stereocenters.